The molecule has 0 aliphatic heterocycles. The van der Waals surface area contributed by atoms with Crippen molar-refractivity contribution in [1.29, 1.82) is 0 Å². The van der Waals surface area contributed by atoms with E-state index in [1.807, 2.05) is 67.5 Å². The Bertz CT molecular complexity index is 223. The van der Waals surface area contributed by atoms with E-state index in [4.69, 9.17) is 5.84 Å². The van der Waals surface area contributed by atoms with E-state index in [1.54, 1.807) is 0 Å². The number of aliphatic hydroxyl groups is 1. The number of allylic oxidation sites excluding steroid dienone is 1. The molecule has 3 heteroatoms. The molecule has 18 heavy (non-hydrogen) atoms. The van der Waals surface area contributed by atoms with Gasteiger partial charge in [0.2, 0.25) is 0 Å². The second-order valence-corrected chi connectivity index (χ2v) is 3.15. The van der Waals surface area contributed by atoms with Crippen LogP contribution in [0.5, 0.6) is 0 Å². The van der Waals surface area contributed by atoms with Gasteiger partial charge in [-0.15, -0.1) is 0 Å². The molecule has 0 saturated carbocycles. The van der Waals surface area contributed by atoms with E-state index in [2.05, 4.69) is 5.43 Å². The van der Waals surface area contributed by atoms with Crippen molar-refractivity contribution in [2.45, 2.75) is 74.0 Å². The first-order chi connectivity index (χ1) is 8.70. The summed E-state index contributed by atoms with van der Waals surface area (Å²) >= 11 is 0. The van der Waals surface area contributed by atoms with Crippen LogP contribution in [0.15, 0.2) is 23.3 Å². The van der Waals surface area contributed by atoms with Gasteiger partial charge in [0.05, 0.1) is 12.1 Å². The third kappa shape index (κ3) is 7.64. The number of rotatable bonds is 2. The van der Waals surface area contributed by atoms with Crippen LogP contribution in [-0.4, -0.2) is 17.3 Å². The third-order valence-electron chi connectivity index (χ3n) is 2.25. The van der Waals surface area contributed by atoms with Crippen LogP contribution in [0.3, 0.4) is 0 Å². The molecule has 0 saturated heterocycles. The molecule has 2 atom stereocenters. The molecular formula is C15H34N2O. The zero-order chi connectivity index (χ0) is 15.1. The highest BCUT2D eigenvalue weighted by Crippen LogP contribution is 2.26. The lowest BCUT2D eigenvalue weighted by atomic mass is 10.1. The maximum absolute atomic E-state index is 9.54. The lowest BCUT2D eigenvalue weighted by Gasteiger charge is -2.15. The van der Waals surface area contributed by atoms with Gasteiger partial charge < -0.3 is 5.11 Å². The Morgan fingerprint density at radius 2 is 1.61 bits per heavy atom. The van der Waals surface area contributed by atoms with Gasteiger partial charge in [-0.3, -0.25) is 11.3 Å². The van der Waals surface area contributed by atoms with Crippen molar-refractivity contribution in [1.82, 2.24) is 5.43 Å². The molecule has 0 fully saturated rings. The maximum atomic E-state index is 9.54. The molecule has 4 N–H and O–H groups in total. The predicted molar refractivity (Wildman–Crippen MR) is 83.3 cm³/mol. The van der Waals surface area contributed by atoms with Crippen LogP contribution in [0.1, 0.15) is 61.8 Å². The molecule has 110 valence electrons. The number of nitrogens with two attached hydrogens (primary N) is 1. The fraction of sp³-hybridized carbons (Fsp3) is 0.733. The van der Waals surface area contributed by atoms with Gasteiger partial charge >= 0.3 is 0 Å². The first-order valence-electron chi connectivity index (χ1n) is 7.17. The van der Waals surface area contributed by atoms with Gasteiger partial charge in [0, 0.05) is 0 Å². The normalized spacial score (nSPS) is 21.4. The highest BCUT2D eigenvalue weighted by Gasteiger charge is 2.28. The van der Waals surface area contributed by atoms with E-state index in [-0.39, 0.29) is 12.1 Å². The number of hydrogen-bond donors (Lipinski definition) is 3. The molecule has 1 aliphatic carbocycles. The summed E-state index contributed by atoms with van der Waals surface area (Å²) < 4.78 is 0. The molecule has 0 bridgehead atoms. The zero-order valence-electron chi connectivity index (χ0n) is 13.5. The average molecular weight is 258 g/mol. The number of hydrogen-bond acceptors (Lipinski definition) is 3. The van der Waals surface area contributed by atoms with Crippen molar-refractivity contribution in [2.24, 2.45) is 5.84 Å². The van der Waals surface area contributed by atoms with E-state index in [1.165, 1.54) is 5.57 Å². The first-order valence-corrected chi connectivity index (χ1v) is 7.17. The van der Waals surface area contributed by atoms with Crippen LogP contribution >= 0.6 is 0 Å². The third-order valence-corrected chi connectivity index (χ3v) is 2.25. The number of aliphatic hydroxyl groups excluding tert-OH is 1. The van der Waals surface area contributed by atoms with Crippen LogP contribution in [0.25, 0.3) is 0 Å². The number of hydrazine groups is 1. The van der Waals surface area contributed by atoms with Gasteiger partial charge in [-0.1, -0.05) is 59.3 Å². The Kier molecular flexibility index (Phi) is 20.5. The highest BCUT2D eigenvalue weighted by molar-refractivity contribution is 5.36. The van der Waals surface area contributed by atoms with Gasteiger partial charge in [0.25, 0.3) is 0 Å². The summed E-state index contributed by atoms with van der Waals surface area (Å²) in [5.74, 6) is 5.33. The molecule has 1 aliphatic rings. The minimum atomic E-state index is -0.374. The molecule has 1 rings (SSSR count). The average Bonchev–Trinajstić information content (AvgIpc) is 2.71. The summed E-state index contributed by atoms with van der Waals surface area (Å²) in [6, 6.07) is -0.0961. The smallest absolute Gasteiger partial charge is 0.0784 e. The summed E-state index contributed by atoms with van der Waals surface area (Å²) in [7, 11) is 0. The second kappa shape index (κ2) is 16.4. The van der Waals surface area contributed by atoms with E-state index in [0.717, 1.165) is 5.57 Å². The Morgan fingerprint density at radius 3 is 1.94 bits per heavy atom. The van der Waals surface area contributed by atoms with E-state index in [9.17, 15) is 5.11 Å². The van der Waals surface area contributed by atoms with Crippen LogP contribution in [0, 0.1) is 0 Å². The molecule has 0 spiro atoms. The minimum absolute atomic E-state index is 0.0961. The van der Waals surface area contributed by atoms with Crippen molar-refractivity contribution in [3.63, 3.8) is 0 Å². The van der Waals surface area contributed by atoms with E-state index >= 15 is 0 Å². The highest BCUT2D eigenvalue weighted by atomic mass is 16.3. The summed E-state index contributed by atoms with van der Waals surface area (Å²) in [6.45, 7) is 16.0. The first kappa shape index (κ1) is 22.5. The van der Waals surface area contributed by atoms with Crippen LogP contribution in [0.2, 0.25) is 0 Å². The Morgan fingerprint density at radius 1 is 1.17 bits per heavy atom. The zero-order valence-corrected chi connectivity index (χ0v) is 13.5. The molecule has 0 radical (unpaired) electrons. The predicted octanol–water partition coefficient (Wildman–Crippen LogP) is 3.55. The monoisotopic (exact) mass is 258 g/mol. The molecule has 0 aromatic rings. The van der Waals surface area contributed by atoms with Crippen molar-refractivity contribution < 1.29 is 5.11 Å². The van der Waals surface area contributed by atoms with Gasteiger partial charge in [-0.05, 0) is 25.8 Å². The molecular weight excluding hydrogens is 224 g/mol. The van der Waals surface area contributed by atoms with Crippen molar-refractivity contribution >= 4 is 0 Å². The summed E-state index contributed by atoms with van der Waals surface area (Å²) in [6.07, 6.45) is 4.30. The Balaban J connectivity index is -0.000000328. The fourth-order valence-corrected chi connectivity index (χ4v) is 1.65. The van der Waals surface area contributed by atoms with Gasteiger partial charge in [0.1, 0.15) is 0 Å². The number of nitrogens with one attached hydrogen (secondary N) is 1. The Hall–Kier alpha value is -0.640. The SMILES string of the molecule is C/C=C\C1=C(C)CC(O)C1NN.CC.CC.CC. The largest absolute Gasteiger partial charge is 0.391 e. The molecule has 2 unspecified atom stereocenters. The molecule has 0 aromatic heterocycles. The maximum Gasteiger partial charge on any atom is 0.0784 e. The van der Waals surface area contributed by atoms with E-state index in [0.29, 0.717) is 6.42 Å². The second-order valence-electron chi connectivity index (χ2n) is 3.15. The topological polar surface area (TPSA) is 58.3 Å². The standard InChI is InChI=1S/C9H16N2O.3C2H6/c1-3-4-7-6(2)5-8(12)9(7)11-10;3*1-2/h3-4,8-9,11-12H,5,10H2,1-2H3;3*1-2H3/b4-3-;;;. The summed E-state index contributed by atoms with van der Waals surface area (Å²) in [4.78, 5) is 0. The molecule has 0 heterocycles. The lowest BCUT2D eigenvalue weighted by molar-refractivity contribution is 0.155. The fourth-order valence-electron chi connectivity index (χ4n) is 1.65. The molecule has 3 nitrogen and oxygen atoms in total. The minimum Gasteiger partial charge on any atom is -0.391 e. The van der Waals surface area contributed by atoms with Crippen molar-refractivity contribution in [2.75, 3.05) is 0 Å². The van der Waals surface area contributed by atoms with Crippen LogP contribution in [-0.2, 0) is 0 Å². The quantitative estimate of drug-likeness (QED) is 0.524. The molecule has 0 amide bonds. The Labute approximate surface area is 114 Å². The summed E-state index contributed by atoms with van der Waals surface area (Å²) in [5, 5.41) is 9.54. The van der Waals surface area contributed by atoms with Gasteiger partial charge in [-0.25, -0.2) is 0 Å². The van der Waals surface area contributed by atoms with Crippen molar-refractivity contribution in [3.8, 4) is 0 Å². The van der Waals surface area contributed by atoms with E-state index < -0.39 is 0 Å². The van der Waals surface area contributed by atoms with Crippen LogP contribution in [0.4, 0.5) is 0 Å². The van der Waals surface area contributed by atoms with Crippen molar-refractivity contribution in [3.05, 3.63) is 23.3 Å². The summed E-state index contributed by atoms with van der Waals surface area (Å²) in [5.41, 5.74) is 4.95. The molecule has 0 aromatic carbocycles. The van der Waals surface area contributed by atoms with Crippen LogP contribution < -0.4 is 11.3 Å². The van der Waals surface area contributed by atoms with Gasteiger partial charge in [0.15, 0.2) is 0 Å². The van der Waals surface area contributed by atoms with Gasteiger partial charge in [-0.2, -0.15) is 0 Å². The lowest BCUT2D eigenvalue weighted by Crippen LogP contribution is -2.42.